The maximum atomic E-state index is 2.38. The van der Waals surface area contributed by atoms with Crippen molar-refractivity contribution < 1.29 is 0 Å². The van der Waals surface area contributed by atoms with Crippen LogP contribution < -0.4 is 4.90 Å². The summed E-state index contributed by atoms with van der Waals surface area (Å²) in [7, 11) is 0. The molecule has 0 saturated heterocycles. The van der Waals surface area contributed by atoms with Crippen molar-refractivity contribution >= 4 is 39.7 Å². The summed E-state index contributed by atoms with van der Waals surface area (Å²) >= 11 is 2.36. The molecule has 5 rings (SSSR count). The molecular formula is C30H22IN. The van der Waals surface area contributed by atoms with Gasteiger partial charge in [0.15, 0.2) is 0 Å². The standard InChI is InChI=1S/C30H22IN/c31-25-19-21-26(22-20-25)32(29-17-9-7-15-27(29)23-11-3-1-4-12-23)30-18-10-8-16-28(30)24-13-5-2-6-14-24/h1-22H. The second kappa shape index (κ2) is 9.41. The molecule has 5 aromatic carbocycles. The Kier molecular flexibility index (Phi) is 6.04. The van der Waals surface area contributed by atoms with Gasteiger partial charge in [0.2, 0.25) is 0 Å². The minimum absolute atomic E-state index is 1.14. The van der Waals surface area contributed by atoms with E-state index >= 15 is 0 Å². The van der Waals surface area contributed by atoms with Gasteiger partial charge in [0, 0.05) is 20.4 Å². The van der Waals surface area contributed by atoms with Crippen LogP contribution in [0.15, 0.2) is 133 Å². The highest BCUT2D eigenvalue weighted by Crippen LogP contribution is 2.44. The summed E-state index contributed by atoms with van der Waals surface area (Å²) in [6.45, 7) is 0. The van der Waals surface area contributed by atoms with E-state index in [0.29, 0.717) is 0 Å². The zero-order chi connectivity index (χ0) is 21.8. The van der Waals surface area contributed by atoms with E-state index in [1.165, 1.54) is 25.8 Å². The third-order valence-electron chi connectivity index (χ3n) is 5.54. The van der Waals surface area contributed by atoms with Crippen LogP contribution in [-0.2, 0) is 0 Å². The molecule has 32 heavy (non-hydrogen) atoms. The number of hydrogen-bond acceptors (Lipinski definition) is 1. The van der Waals surface area contributed by atoms with Crippen molar-refractivity contribution in [3.8, 4) is 22.3 Å². The van der Waals surface area contributed by atoms with Crippen LogP contribution in [0.25, 0.3) is 22.3 Å². The van der Waals surface area contributed by atoms with Crippen LogP contribution in [0.5, 0.6) is 0 Å². The van der Waals surface area contributed by atoms with E-state index in [0.717, 1.165) is 17.1 Å². The monoisotopic (exact) mass is 523 g/mol. The van der Waals surface area contributed by atoms with Crippen molar-refractivity contribution in [2.75, 3.05) is 4.90 Å². The molecule has 0 heterocycles. The molecule has 0 aliphatic rings. The van der Waals surface area contributed by atoms with Crippen LogP contribution in [0.1, 0.15) is 0 Å². The number of hydrogen-bond donors (Lipinski definition) is 0. The summed E-state index contributed by atoms with van der Waals surface area (Å²) in [5.74, 6) is 0. The minimum Gasteiger partial charge on any atom is -0.309 e. The van der Waals surface area contributed by atoms with E-state index in [1.54, 1.807) is 0 Å². The first-order chi connectivity index (χ1) is 15.8. The van der Waals surface area contributed by atoms with Gasteiger partial charge in [-0.2, -0.15) is 0 Å². The maximum Gasteiger partial charge on any atom is 0.0540 e. The smallest absolute Gasteiger partial charge is 0.0540 e. The molecule has 0 aliphatic heterocycles. The average molecular weight is 523 g/mol. The fourth-order valence-electron chi connectivity index (χ4n) is 4.06. The Hall–Kier alpha value is -3.37. The summed E-state index contributed by atoms with van der Waals surface area (Å²) < 4.78 is 1.22. The second-order valence-corrected chi connectivity index (χ2v) is 8.82. The first-order valence-corrected chi connectivity index (χ1v) is 11.7. The summed E-state index contributed by atoms with van der Waals surface area (Å²) in [6.07, 6.45) is 0. The fraction of sp³-hybridized carbons (Fsp3) is 0. The minimum atomic E-state index is 1.14. The zero-order valence-corrected chi connectivity index (χ0v) is 19.7. The lowest BCUT2D eigenvalue weighted by atomic mass is 9.99. The fourth-order valence-corrected chi connectivity index (χ4v) is 4.42. The van der Waals surface area contributed by atoms with Gasteiger partial charge in [0.25, 0.3) is 0 Å². The molecule has 0 bridgehead atoms. The van der Waals surface area contributed by atoms with Crippen molar-refractivity contribution in [2.24, 2.45) is 0 Å². The van der Waals surface area contributed by atoms with Crippen molar-refractivity contribution in [2.45, 2.75) is 0 Å². The number of anilines is 3. The van der Waals surface area contributed by atoms with Crippen LogP contribution in [0.4, 0.5) is 17.1 Å². The summed E-state index contributed by atoms with van der Waals surface area (Å²) in [5.41, 5.74) is 8.26. The first kappa shape index (κ1) is 20.5. The molecule has 0 spiro atoms. The lowest BCUT2D eigenvalue weighted by molar-refractivity contribution is 1.28. The van der Waals surface area contributed by atoms with Crippen LogP contribution in [0, 0.1) is 3.57 Å². The van der Waals surface area contributed by atoms with Crippen molar-refractivity contribution in [1.82, 2.24) is 0 Å². The lowest BCUT2D eigenvalue weighted by Gasteiger charge is -2.30. The van der Waals surface area contributed by atoms with Gasteiger partial charge in [-0.05, 0) is 70.1 Å². The van der Waals surface area contributed by atoms with Crippen LogP contribution in [-0.4, -0.2) is 0 Å². The molecule has 5 aromatic rings. The molecule has 154 valence electrons. The normalized spacial score (nSPS) is 10.7. The molecule has 0 N–H and O–H groups in total. The number of nitrogens with zero attached hydrogens (tertiary/aromatic N) is 1. The van der Waals surface area contributed by atoms with Gasteiger partial charge in [0.05, 0.1) is 11.4 Å². The van der Waals surface area contributed by atoms with Crippen molar-refractivity contribution in [1.29, 1.82) is 0 Å². The largest absolute Gasteiger partial charge is 0.309 e. The average Bonchev–Trinajstić information content (AvgIpc) is 2.87. The van der Waals surface area contributed by atoms with Gasteiger partial charge in [-0.1, -0.05) is 97.1 Å². The van der Waals surface area contributed by atoms with Crippen molar-refractivity contribution in [3.63, 3.8) is 0 Å². The van der Waals surface area contributed by atoms with Gasteiger partial charge < -0.3 is 4.90 Å². The highest BCUT2D eigenvalue weighted by atomic mass is 127. The quantitative estimate of drug-likeness (QED) is 0.208. The van der Waals surface area contributed by atoms with Gasteiger partial charge >= 0.3 is 0 Å². The molecule has 1 nitrogen and oxygen atoms in total. The SMILES string of the molecule is Ic1ccc(N(c2ccccc2-c2ccccc2)c2ccccc2-c2ccccc2)cc1. The third kappa shape index (κ3) is 4.19. The topological polar surface area (TPSA) is 3.24 Å². The van der Waals surface area contributed by atoms with E-state index in [1.807, 2.05) is 0 Å². The number of benzene rings is 5. The molecule has 0 unspecified atom stereocenters. The Labute approximate surface area is 203 Å². The summed E-state index contributed by atoms with van der Waals surface area (Å²) in [6, 6.07) is 47.2. The molecule has 0 radical (unpaired) electrons. The Morgan fingerprint density at radius 1 is 0.406 bits per heavy atom. The third-order valence-corrected chi connectivity index (χ3v) is 6.26. The van der Waals surface area contributed by atoms with E-state index in [4.69, 9.17) is 0 Å². The Morgan fingerprint density at radius 3 is 1.28 bits per heavy atom. The predicted octanol–water partition coefficient (Wildman–Crippen LogP) is 9.09. The zero-order valence-electron chi connectivity index (χ0n) is 17.5. The molecule has 0 fully saturated rings. The van der Waals surface area contributed by atoms with Gasteiger partial charge in [-0.3, -0.25) is 0 Å². The Balaban J connectivity index is 1.77. The molecular weight excluding hydrogens is 501 g/mol. The number of rotatable bonds is 5. The first-order valence-electron chi connectivity index (χ1n) is 10.7. The van der Waals surface area contributed by atoms with E-state index in [9.17, 15) is 0 Å². The lowest BCUT2D eigenvalue weighted by Crippen LogP contribution is -2.12. The van der Waals surface area contributed by atoms with Crippen LogP contribution in [0.2, 0.25) is 0 Å². The molecule has 2 heteroatoms. The van der Waals surface area contributed by atoms with E-state index < -0.39 is 0 Å². The summed E-state index contributed by atoms with van der Waals surface area (Å²) in [5, 5.41) is 0. The van der Waals surface area contributed by atoms with Gasteiger partial charge in [-0.25, -0.2) is 0 Å². The van der Waals surface area contributed by atoms with E-state index in [-0.39, 0.29) is 0 Å². The highest BCUT2D eigenvalue weighted by molar-refractivity contribution is 14.1. The van der Waals surface area contributed by atoms with Crippen molar-refractivity contribution in [3.05, 3.63) is 137 Å². The molecule has 0 atom stereocenters. The van der Waals surface area contributed by atoms with Gasteiger partial charge in [0.1, 0.15) is 0 Å². The van der Waals surface area contributed by atoms with Gasteiger partial charge in [-0.15, -0.1) is 0 Å². The molecule has 0 saturated carbocycles. The Bertz CT molecular complexity index is 1230. The number of halogens is 1. The van der Waals surface area contributed by atoms with E-state index in [2.05, 4.69) is 161 Å². The summed E-state index contributed by atoms with van der Waals surface area (Å²) in [4.78, 5) is 2.38. The molecule has 0 aliphatic carbocycles. The molecule has 0 aromatic heterocycles. The second-order valence-electron chi connectivity index (χ2n) is 7.58. The van der Waals surface area contributed by atoms with Crippen LogP contribution in [0.3, 0.4) is 0 Å². The molecule has 0 amide bonds. The number of para-hydroxylation sites is 2. The predicted molar refractivity (Wildman–Crippen MR) is 145 cm³/mol. The highest BCUT2D eigenvalue weighted by Gasteiger charge is 2.19. The maximum absolute atomic E-state index is 2.38. The van der Waals surface area contributed by atoms with Crippen LogP contribution >= 0.6 is 22.6 Å². The Morgan fingerprint density at radius 2 is 0.812 bits per heavy atom.